The molecule has 0 unspecified atom stereocenters. The van der Waals surface area contributed by atoms with Crippen LogP contribution in [0.4, 0.5) is 23.2 Å². The van der Waals surface area contributed by atoms with Crippen molar-refractivity contribution in [3.8, 4) is 0 Å². The quantitative estimate of drug-likeness (QED) is 0.772. The number of para-hydroxylation sites is 1. The Balaban J connectivity index is 2.92. The maximum Gasteiger partial charge on any atom is 0.389 e. The number of carbonyl (C=O) groups is 1. The minimum atomic E-state index is -4.41. The average Bonchev–Trinajstić information content (AvgIpc) is 2.36. The topological polar surface area (TPSA) is 75.3 Å². The molecule has 0 heterocycles. The van der Waals surface area contributed by atoms with Gasteiger partial charge in [-0.2, -0.15) is 13.2 Å². The van der Waals surface area contributed by atoms with Crippen LogP contribution in [0.3, 0.4) is 0 Å². The van der Waals surface area contributed by atoms with E-state index in [2.05, 4.69) is 11.9 Å². The predicted molar refractivity (Wildman–Crippen MR) is 76.8 cm³/mol. The number of allylic oxidation sites excluding steroid dienone is 1. The van der Waals surface area contributed by atoms with Gasteiger partial charge in [0, 0.05) is 12.1 Å². The molecule has 0 aromatic heterocycles. The van der Waals surface area contributed by atoms with Crippen molar-refractivity contribution in [1.29, 1.82) is 0 Å². The second-order valence-corrected chi connectivity index (χ2v) is 6.46. The normalized spacial score (nSPS) is 11.9. The van der Waals surface area contributed by atoms with E-state index in [0.717, 1.165) is 24.5 Å². The van der Waals surface area contributed by atoms with Crippen LogP contribution in [-0.2, 0) is 10.0 Å². The molecule has 10 heteroatoms. The SMILES string of the molecule is C=C(CCC(F)(F)F)NC(=O)c1cccc(F)c1NS(C)(=O)=O. The fourth-order valence-corrected chi connectivity index (χ4v) is 2.16. The summed E-state index contributed by atoms with van der Waals surface area (Å²) in [7, 11) is -3.85. The highest BCUT2D eigenvalue weighted by molar-refractivity contribution is 7.92. The standard InChI is InChI=1S/C13H14F4N2O3S/c1-8(6-7-13(15,16)17)18-12(20)9-4-3-5-10(14)11(9)19-23(2,21)22/h3-5,19H,1,6-7H2,2H3,(H,18,20). The number of hydrogen-bond donors (Lipinski definition) is 2. The summed E-state index contributed by atoms with van der Waals surface area (Å²) < 4.78 is 74.3. The van der Waals surface area contributed by atoms with Crippen molar-refractivity contribution in [2.45, 2.75) is 19.0 Å². The Morgan fingerprint density at radius 2 is 1.91 bits per heavy atom. The molecule has 0 atom stereocenters. The van der Waals surface area contributed by atoms with Crippen LogP contribution in [0.25, 0.3) is 0 Å². The summed E-state index contributed by atoms with van der Waals surface area (Å²) in [4.78, 5) is 12.0. The molecule has 5 nitrogen and oxygen atoms in total. The number of alkyl halides is 3. The van der Waals surface area contributed by atoms with Crippen molar-refractivity contribution in [2.75, 3.05) is 11.0 Å². The van der Waals surface area contributed by atoms with E-state index in [0.29, 0.717) is 0 Å². The number of benzene rings is 1. The van der Waals surface area contributed by atoms with Gasteiger partial charge in [0.15, 0.2) is 0 Å². The third-order valence-electron chi connectivity index (χ3n) is 2.55. The zero-order chi connectivity index (χ0) is 17.8. The number of amides is 1. The lowest BCUT2D eigenvalue weighted by Gasteiger charge is -2.13. The average molecular weight is 354 g/mol. The molecule has 0 aliphatic heterocycles. The Morgan fingerprint density at radius 3 is 2.43 bits per heavy atom. The number of hydrogen-bond acceptors (Lipinski definition) is 3. The van der Waals surface area contributed by atoms with Crippen LogP contribution in [0.15, 0.2) is 30.5 Å². The zero-order valence-electron chi connectivity index (χ0n) is 12.0. The smallest absolute Gasteiger partial charge is 0.326 e. The van der Waals surface area contributed by atoms with Gasteiger partial charge < -0.3 is 5.32 Å². The van der Waals surface area contributed by atoms with E-state index in [-0.39, 0.29) is 11.3 Å². The second kappa shape index (κ2) is 6.99. The molecule has 1 rings (SSSR count). The number of halogens is 4. The van der Waals surface area contributed by atoms with Crippen LogP contribution in [0, 0.1) is 5.82 Å². The summed E-state index contributed by atoms with van der Waals surface area (Å²) >= 11 is 0. The minimum absolute atomic E-state index is 0.220. The van der Waals surface area contributed by atoms with Crippen molar-refractivity contribution >= 4 is 21.6 Å². The van der Waals surface area contributed by atoms with Crippen molar-refractivity contribution < 1.29 is 30.8 Å². The molecule has 1 amide bonds. The second-order valence-electron chi connectivity index (χ2n) is 4.71. The molecule has 1 aromatic rings. The number of anilines is 1. The van der Waals surface area contributed by atoms with Gasteiger partial charge in [-0.3, -0.25) is 9.52 Å². The van der Waals surface area contributed by atoms with E-state index in [9.17, 15) is 30.8 Å². The molecule has 0 spiro atoms. The van der Waals surface area contributed by atoms with E-state index in [1.807, 2.05) is 4.72 Å². The summed E-state index contributed by atoms with van der Waals surface area (Å²) in [6.07, 6.45) is -5.36. The molecule has 0 bridgehead atoms. The molecule has 2 N–H and O–H groups in total. The molecule has 0 aliphatic carbocycles. The zero-order valence-corrected chi connectivity index (χ0v) is 12.8. The lowest BCUT2D eigenvalue weighted by Crippen LogP contribution is -2.25. The minimum Gasteiger partial charge on any atom is -0.326 e. The van der Waals surface area contributed by atoms with Crippen LogP contribution < -0.4 is 10.0 Å². The van der Waals surface area contributed by atoms with Crippen molar-refractivity contribution in [3.63, 3.8) is 0 Å². The monoisotopic (exact) mass is 354 g/mol. The van der Waals surface area contributed by atoms with Crippen LogP contribution >= 0.6 is 0 Å². The van der Waals surface area contributed by atoms with Crippen molar-refractivity contribution in [1.82, 2.24) is 5.32 Å². The van der Waals surface area contributed by atoms with E-state index < -0.39 is 46.5 Å². The Hall–Kier alpha value is -2.10. The Labute approximate surface area is 130 Å². The van der Waals surface area contributed by atoms with E-state index in [1.54, 1.807) is 0 Å². The molecule has 1 aromatic carbocycles. The molecular weight excluding hydrogens is 340 g/mol. The maximum atomic E-state index is 13.7. The van der Waals surface area contributed by atoms with E-state index >= 15 is 0 Å². The number of sulfonamides is 1. The Kier molecular flexibility index (Phi) is 5.75. The number of carbonyl (C=O) groups excluding carboxylic acids is 1. The first-order valence-electron chi connectivity index (χ1n) is 6.21. The largest absolute Gasteiger partial charge is 0.389 e. The number of nitrogens with one attached hydrogen (secondary N) is 2. The van der Waals surface area contributed by atoms with Gasteiger partial charge in [-0.15, -0.1) is 0 Å². The molecule has 23 heavy (non-hydrogen) atoms. The van der Waals surface area contributed by atoms with Crippen LogP contribution in [0.5, 0.6) is 0 Å². The fraction of sp³-hybridized carbons (Fsp3) is 0.308. The Bertz CT molecular complexity index is 714. The molecule has 0 fully saturated rings. The predicted octanol–water partition coefficient (Wildman–Crippen LogP) is 2.78. The number of rotatable bonds is 6. The van der Waals surface area contributed by atoms with Gasteiger partial charge in [0.25, 0.3) is 5.91 Å². The van der Waals surface area contributed by atoms with Gasteiger partial charge in [-0.05, 0) is 18.6 Å². The fourth-order valence-electron chi connectivity index (χ4n) is 1.59. The highest BCUT2D eigenvalue weighted by atomic mass is 32.2. The highest BCUT2D eigenvalue weighted by Gasteiger charge is 2.27. The molecule has 0 aliphatic rings. The summed E-state index contributed by atoms with van der Waals surface area (Å²) in [6.45, 7) is 3.29. The van der Waals surface area contributed by atoms with Gasteiger partial charge in [-0.25, -0.2) is 12.8 Å². The third-order valence-corrected chi connectivity index (χ3v) is 3.12. The lowest BCUT2D eigenvalue weighted by molar-refractivity contribution is -0.134. The van der Waals surface area contributed by atoms with Crippen LogP contribution in [0.1, 0.15) is 23.2 Å². The summed E-state index contributed by atoms with van der Waals surface area (Å²) in [6, 6.07) is 3.22. The van der Waals surface area contributed by atoms with Crippen molar-refractivity contribution in [2.24, 2.45) is 0 Å². The lowest BCUT2D eigenvalue weighted by atomic mass is 10.1. The van der Waals surface area contributed by atoms with Gasteiger partial charge in [0.2, 0.25) is 10.0 Å². The molecule has 128 valence electrons. The van der Waals surface area contributed by atoms with Gasteiger partial charge in [-0.1, -0.05) is 12.6 Å². The summed E-state index contributed by atoms with van der Waals surface area (Å²) in [5, 5.41) is 2.09. The molecule has 0 radical (unpaired) electrons. The molecule has 0 saturated heterocycles. The summed E-state index contributed by atoms with van der Waals surface area (Å²) in [5.41, 5.74) is -1.18. The molecule has 0 saturated carbocycles. The third kappa shape index (κ3) is 6.68. The maximum absolute atomic E-state index is 13.7. The first kappa shape index (κ1) is 18.9. The van der Waals surface area contributed by atoms with E-state index in [4.69, 9.17) is 0 Å². The van der Waals surface area contributed by atoms with Gasteiger partial charge in [0.1, 0.15) is 5.82 Å². The van der Waals surface area contributed by atoms with Crippen molar-refractivity contribution in [3.05, 3.63) is 41.9 Å². The first-order chi connectivity index (χ1) is 10.4. The summed E-state index contributed by atoms with van der Waals surface area (Å²) in [5.74, 6) is -1.97. The van der Waals surface area contributed by atoms with Gasteiger partial charge in [0.05, 0.1) is 17.5 Å². The highest BCUT2D eigenvalue weighted by Crippen LogP contribution is 2.24. The van der Waals surface area contributed by atoms with Crippen LogP contribution in [-0.4, -0.2) is 26.8 Å². The van der Waals surface area contributed by atoms with E-state index in [1.165, 1.54) is 0 Å². The molecular formula is C13H14F4N2O3S. The Morgan fingerprint density at radius 1 is 1.30 bits per heavy atom. The van der Waals surface area contributed by atoms with Gasteiger partial charge >= 0.3 is 6.18 Å². The van der Waals surface area contributed by atoms with Crippen LogP contribution in [0.2, 0.25) is 0 Å². The first-order valence-corrected chi connectivity index (χ1v) is 8.10.